The van der Waals surface area contributed by atoms with Gasteiger partial charge in [-0.15, -0.1) is 0 Å². The first kappa shape index (κ1) is 22.3. The Hall–Kier alpha value is -0.900. The minimum absolute atomic E-state index is 0.134. The number of aliphatic hydroxyl groups is 1. The number of hydrogen-bond acceptors (Lipinski definition) is 3. The lowest BCUT2D eigenvalue weighted by atomic mass is 9.51. The number of fused-ring (bicyclic) bond motifs is 4. The molecule has 0 aromatic heterocycles. The van der Waals surface area contributed by atoms with Gasteiger partial charge in [-0.05, 0) is 99.9 Å². The molecule has 3 heteroatoms. The van der Waals surface area contributed by atoms with Crippen LogP contribution in [0.5, 0.6) is 0 Å². The number of allylic oxidation sites excluding steroid dienone is 5. The summed E-state index contributed by atoms with van der Waals surface area (Å²) in [6, 6.07) is 0.854. The fourth-order valence-electron chi connectivity index (χ4n) is 8.00. The van der Waals surface area contributed by atoms with Crippen LogP contribution in [0, 0.1) is 34.0 Å². The van der Waals surface area contributed by atoms with Crippen molar-refractivity contribution in [1.29, 1.82) is 0 Å². The lowest BCUT2D eigenvalue weighted by molar-refractivity contribution is -0.0125. The first-order chi connectivity index (χ1) is 14.1. The zero-order valence-electron chi connectivity index (χ0n) is 20.3. The molecule has 0 unspecified atom stereocenters. The number of nitrogens with one attached hydrogen (secondary N) is 1. The van der Waals surface area contributed by atoms with Crippen molar-refractivity contribution in [3.63, 3.8) is 0 Å². The average Bonchev–Trinajstić information content (AvgIpc) is 2.87. The summed E-state index contributed by atoms with van der Waals surface area (Å²) in [5.74, 6) is 1.81. The molecule has 4 aliphatic carbocycles. The van der Waals surface area contributed by atoms with E-state index in [0.717, 1.165) is 5.92 Å². The first-order valence-corrected chi connectivity index (χ1v) is 12.2. The van der Waals surface area contributed by atoms with Crippen LogP contribution in [0.25, 0.3) is 0 Å². The van der Waals surface area contributed by atoms with Gasteiger partial charge in [-0.25, -0.2) is 0 Å². The quantitative estimate of drug-likeness (QED) is 0.696. The number of nitrogens with zero attached hydrogens (tertiary/aromatic N) is 1. The Morgan fingerprint density at radius 2 is 1.80 bits per heavy atom. The minimum atomic E-state index is -0.134. The van der Waals surface area contributed by atoms with Gasteiger partial charge in [0.25, 0.3) is 0 Å². The van der Waals surface area contributed by atoms with Gasteiger partial charge in [-0.1, -0.05) is 45.1 Å². The van der Waals surface area contributed by atoms with Crippen LogP contribution in [0.4, 0.5) is 0 Å². The summed E-state index contributed by atoms with van der Waals surface area (Å²) < 4.78 is 0. The summed E-state index contributed by atoms with van der Waals surface area (Å²) in [6.07, 6.45) is 16.0. The molecule has 0 heterocycles. The molecule has 0 bridgehead atoms. The molecule has 0 aromatic rings. The molecule has 168 valence electrons. The highest BCUT2D eigenvalue weighted by atomic mass is 16.3. The van der Waals surface area contributed by atoms with E-state index in [0.29, 0.717) is 28.7 Å². The Balaban J connectivity index is 1.71. The predicted octanol–water partition coefficient (Wildman–Crippen LogP) is 4.80. The van der Waals surface area contributed by atoms with E-state index in [1.54, 1.807) is 5.57 Å². The summed E-state index contributed by atoms with van der Waals surface area (Å²) in [5, 5.41) is 13.9. The molecule has 3 nitrogen and oxygen atoms in total. The molecular formula is C27H44N2O. The second kappa shape index (κ2) is 7.60. The summed E-state index contributed by atoms with van der Waals surface area (Å²) in [7, 11) is 6.51. The van der Waals surface area contributed by atoms with E-state index in [-0.39, 0.29) is 18.1 Å². The number of likely N-dealkylation sites (N-methyl/N-ethyl adjacent to an activating group) is 1. The molecule has 1 saturated carbocycles. The topological polar surface area (TPSA) is 35.5 Å². The van der Waals surface area contributed by atoms with Gasteiger partial charge in [0.1, 0.15) is 0 Å². The van der Waals surface area contributed by atoms with Crippen LogP contribution in [-0.4, -0.2) is 49.8 Å². The van der Waals surface area contributed by atoms with Crippen molar-refractivity contribution < 1.29 is 5.11 Å². The molecule has 0 aliphatic heterocycles. The fourth-order valence-corrected chi connectivity index (χ4v) is 8.00. The highest BCUT2D eigenvalue weighted by Crippen LogP contribution is 2.68. The Morgan fingerprint density at radius 1 is 1.10 bits per heavy atom. The maximum Gasteiger partial charge on any atom is 0.0508 e. The van der Waals surface area contributed by atoms with E-state index in [4.69, 9.17) is 0 Å². The van der Waals surface area contributed by atoms with E-state index in [9.17, 15) is 5.11 Å². The van der Waals surface area contributed by atoms with E-state index in [1.807, 2.05) is 7.05 Å². The van der Waals surface area contributed by atoms with Crippen molar-refractivity contribution >= 4 is 0 Å². The lowest BCUT2D eigenvalue weighted by Crippen LogP contribution is -2.50. The molecule has 0 radical (unpaired) electrons. The van der Waals surface area contributed by atoms with Crippen molar-refractivity contribution in [2.45, 2.75) is 71.9 Å². The Bertz CT molecular complexity index is 767. The van der Waals surface area contributed by atoms with Crippen LogP contribution in [0.1, 0.15) is 59.8 Å². The zero-order chi connectivity index (χ0) is 21.9. The van der Waals surface area contributed by atoms with Gasteiger partial charge < -0.3 is 15.3 Å². The van der Waals surface area contributed by atoms with Crippen molar-refractivity contribution in [2.24, 2.45) is 34.0 Å². The standard InChI is InChI=1S/C27H44N2O/c1-18(29(6)7)21-13-15-27(4)23-10-9-22-19(16-20(23)12-14-26(21,27)3)8-11-24(28-5)25(22,2)17-30/h8,11-12,16,18,21-24,28,30H,9-10,13-15,17H2,1-7H3/t18-,21+,22+,23+,24-,25+,26+,27-/m0/s1. The van der Waals surface area contributed by atoms with Crippen molar-refractivity contribution in [3.8, 4) is 0 Å². The predicted molar refractivity (Wildman–Crippen MR) is 126 cm³/mol. The van der Waals surface area contributed by atoms with Gasteiger partial charge in [0.2, 0.25) is 0 Å². The van der Waals surface area contributed by atoms with Crippen LogP contribution in [0.15, 0.2) is 35.5 Å². The van der Waals surface area contributed by atoms with Gasteiger partial charge in [0.15, 0.2) is 0 Å². The molecule has 4 rings (SSSR count). The molecule has 0 spiro atoms. The Labute approximate surface area is 184 Å². The molecule has 0 saturated heterocycles. The van der Waals surface area contributed by atoms with Crippen molar-refractivity contribution in [3.05, 3.63) is 35.5 Å². The fraction of sp³-hybridized carbons (Fsp3) is 0.778. The van der Waals surface area contributed by atoms with Crippen molar-refractivity contribution in [2.75, 3.05) is 27.7 Å². The summed E-state index contributed by atoms with van der Waals surface area (Å²) >= 11 is 0. The van der Waals surface area contributed by atoms with Gasteiger partial charge >= 0.3 is 0 Å². The first-order valence-electron chi connectivity index (χ1n) is 12.2. The van der Waals surface area contributed by atoms with Gasteiger partial charge in [0.05, 0.1) is 6.61 Å². The number of aliphatic hydroxyl groups excluding tert-OH is 1. The summed E-state index contributed by atoms with van der Waals surface area (Å²) in [5.41, 5.74) is 3.61. The molecule has 0 amide bonds. The number of rotatable bonds is 4. The molecule has 2 N–H and O–H groups in total. The van der Waals surface area contributed by atoms with Crippen LogP contribution in [0.2, 0.25) is 0 Å². The highest BCUT2D eigenvalue weighted by molar-refractivity contribution is 5.42. The largest absolute Gasteiger partial charge is 0.396 e. The number of hydrogen-bond donors (Lipinski definition) is 2. The molecule has 8 atom stereocenters. The van der Waals surface area contributed by atoms with E-state index >= 15 is 0 Å². The Morgan fingerprint density at radius 3 is 2.43 bits per heavy atom. The third-order valence-corrected chi connectivity index (χ3v) is 10.5. The summed E-state index contributed by atoms with van der Waals surface area (Å²) in [4.78, 5) is 2.43. The van der Waals surface area contributed by atoms with Crippen LogP contribution >= 0.6 is 0 Å². The maximum absolute atomic E-state index is 10.4. The van der Waals surface area contributed by atoms with E-state index < -0.39 is 0 Å². The van der Waals surface area contributed by atoms with E-state index in [1.165, 1.54) is 37.7 Å². The molecular weight excluding hydrogens is 368 g/mol. The third-order valence-electron chi connectivity index (χ3n) is 10.5. The van der Waals surface area contributed by atoms with Gasteiger partial charge in [-0.3, -0.25) is 0 Å². The van der Waals surface area contributed by atoms with E-state index in [2.05, 4.69) is 76.3 Å². The van der Waals surface area contributed by atoms with Crippen molar-refractivity contribution in [1.82, 2.24) is 10.2 Å². The smallest absolute Gasteiger partial charge is 0.0508 e. The molecule has 4 aliphatic rings. The summed E-state index contributed by atoms with van der Waals surface area (Å²) in [6.45, 7) is 10.1. The molecule has 1 fully saturated rings. The lowest BCUT2D eigenvalue weighted by Gasteiger charge is -2.54. The van der Waals surface area contributed by atoms with Crippen LogP contribution in [-0.2, 0) is 0 Å². The molecule has 0 aromatic carbocycles. The van der Waals surface area contributed by atoms with Crippen LogP contribution < -0.4 is 5.32 Å². The van der Waals surface area contributed by atoms with Crippen LogP contribution in [0.3, 0.4) is 0 Å². The monoisotopic (exact) mass is 412 g/mol. The minimum Gasteiger partial charge on any atom is -0.396 e. The maximum atomic E-state index is 10.4. The SMILES string of the molecule is CN[C@H]1C=CC2=CC3=CC[C@]4(C)[C@@H]([C@H](C)N(C)C)CC[C@@]4(C)[C@@H]3CC[C@H]2[C@@]1(C)CO. The van der Waals surface area contributed by atoms with Gasteiger partial charge in [-0.2, -0.15) is 0 Å². The Kier molecular flexibility index (Phi) is 5.65. The normalized spacial score (nSPS) is 46.4. The third kappa shape index (κ3) is 2.95. The second-order valence-corrected chi connectivity index (χ2v) is 11.7. The zero-order valence-corrected chi connectivity index (χ0v) is 20.3. The molecule has 30 heavy (non-hydrogen) atoms. The highest BCUT2D eigenvalue weighted by Gasteiger charge is 2.60. The van der Waals surface area contributed by atoms with Gasteiger partial charge in [0, 0.05) is 17.5 Å². The average molecular weight is 413 g/mol. The second-order valence-electron chi connectivity index (χ2n) is 11.7.